The Bertz CT molecular complexity index is 345. The van der Waals surface area contributed by atoms with E-state index in [0.29, 0.717) is 6.54 Å². The minimum atomic E-state index is -3.29. The third kappa shape index (κ3) is 3.33. The van der Waals surface area contributed by atoms with Gasteiger partial charge in [0.15, 0.2) is 0 Å². The average molecular weight is 269 g/mol. The van der Waals surface area contributed by atoms with Gasteiger partial charge in [-0.15, -0.1) is 11.6 Å². The van der Waals surface area contributed by atoms with Gasteiger partial charge in [0, 0.05) is 26.0 Å². The predicted molar refractivity (Wildman–Crippen MR) is 62.9 cm³/mol. The maximum absolute atomic E-state index is 11.8. The van der Waals surface area contributed by atoms with E-state index >= 15 is 0 Å². The van der Waals surface area contributed by atoms with Gasteiger partial charge in [-0.1, -0.05) is 0 Å². The number of carbonyl (C=O) groups is 1. The first-order valence-electron chi connectivity index (χ1n) is 5.26. The summed E-state index contributed by atoms with van der Waals surface area (Å²) in [5.41, 5.74) is 0. The van der Waals surface area contributed by atoms with E-state index in [2.05, 4.69) is 5.32 Å². The predicted octanol–water partition coefficient (Wildman–Crippen LogP) is 0.0130. The van der Waals surface area contributed by atoms with Gasteiger partial charge in [0.25, 0.3) is 0 Å². The number of rotatable bonds is 4. The van der Waals surface area contributed by atoms with Crippen molar-refractivity contribution in [3.8, 4) is 0 Å². The van der Waals surface area contributed by atoms with Crippen LogP contribution in [0.5, 0.6) is 0 Å². The smallest absolute Gasteiger partial charge is 0.224 e. The first-order valence-corrected chi connectivity index (χ1v) is 7.41. The Labute approximate surface area is 101 Å². The summed E-state index contributed by atoms with van der Waals surface area (Å²) in [6, 6.07) is 0. The lowest BCUT2D eigenvalue weighted by molar-refractivity contribution is -0.125. The van der Waals surface area contributed by atoms with E-state index in [4.69, 9.17) is 11.6 Å². The normalized spacial score (nSPS) is 23.0. The number of hydrogen-bond acceptors (Lipinski definition) is 3. The molecule has 1 aliphatic rings. The molecule has 1 amide bonds. The quantitative estimate of drug-likeness (QED) is 0.731. The second-order valence-corrected chi connectivity index (χ2v) is 6.28. The van der Waals surface area contributed by atoms with Crippen molar-refractivity contribution in [1.29, 1.82) is 0 Å². The molecule has 0 saturated carbocycles. The van der Waals surface area contributed by atoms with Gasteiger partial charge >= 0.3 is 0 Å². The fourth-order valence-electron chi connectivity index (χ4n) is 1.84. The maximum Gasteiger partial charge on any atom is 0.224 e. The van der Waals surface area contributed by atoms with Gasteiger partial charge in [0.05, 0.1) is 11.7 Å². The zero-order chi connectivity index (χ0) is 12.2. The third-order valence-electron chi connectivity index (χ3n) is 2.73. The van der Waals surface area contributed by atoms with Gasteiger partial charge < -0.3 is 5.32 Å². The van der Waals surface area contributed by atoms with Crippen LogP contribution in [-0.2, 0) is 14.8 Å². The van der Waals surface area contributed by atoms with E-state index in [1.165, 1.54) is 4.31 Å². The van der Waals surface area contributed by atoms with Crippen LogP contribution in [0, 0.1) is 5.92 Å². The second kappa shape index (κ2) is 5.84. The van der Waals surface area contributed by atoms with Gasteiger partial charge in [-0.2, -0.15) is 0 Å². The first-order chi connectivity index (χ1) is 7.51. The Kier molecular flexibility index (Phi) is 5.01. The Balaban J connectivity index is 2.67. The van der Waals surface area contributed by atoms with Crippen molar-refractivity contribution < 1.29 is 13.2 Å². The molecule has 1 fully saturated rings. The number of nitrogens with one attached hydrogen (secondary N) is 1. The molecule has 1 atom stereocenters. The number of piperidine rings is 1. The molecule has 0 spiro atoms. The van der Waals surface area contributed by atoms with Gasteiger partial charge in [-0.25, -0.2) is 12.7 Å². The SMILES string of the molecule is CNC(=O)C1CCCN(S(=O)(=O)CCCl)C1. The van der Waals surface area contributed by atoms with Crippen LogP contribution in [0.2, 0.25) is 0 Å². The van der Waals surface area contributed by atoms with Crippen molar-refractivity contribution in [2.75, 3.05) is 31.8 Å². The molecule has 1 rings (SSSR count). The molecule has 0 radical (unpaired) electrons. The van der Waals surface area contributed by atoms with E-state index < -0.39 is 10.0 Å². The summed E-state index contributed by atoms with van der Waals surface area (Å²) in [6.07, 6.45) is 1.46. The summed E-state index contributed by atoms with van der Waals surface area (Å²) in [5, 5.41) is 2.55. The highest BCUT2D eigenvalue weighted by Gasteiger charge is 2.31. The zero-order valence-electron chi connectivity index (χ0n) is 9.28. The Morgan fingerprint density at radius 2 is 2.25 bits per heavy atom. The molecule has 1 aliphatic heterocycles. The summed E-state index contributed by atoms with van der Waals surface area (Å²) in [4.78, 5) is 11.4. The highest BCUT2D eigenvalue weighted by Crippen LogP contribution is 2.19. The number of nitrogens with zero attached hydrogens (tertiary/aromatic N) is 1. The number of halogens is 1. The summed E-state index contributed by atoms with van der Waals surface area (Å²) in [6.45, 7) is 0.769. The molecular formula is C9H17ClN2O3S. The van der Waals surface area contributed by atoms with Gasteiger partial charge in [0.1, 0.15) is 0 Å². The Hall–Kier alpha value is -0.330. The fraction of sp³-hybridized carbons (Fsp3) is 0.889. The van der Waals surface area contributed by atoms with Crippen LogP contribution in [0.4, 0.5) is 0 Å². The lowest BCUT2D eigenvalue weighted by Crippen LogP contribution is -2.45. The zero-order valence-corrected chi connectivity index (χ0v) is 10.9. The minimum absolute atomic E-state index is 0.0605. The largest absolute Gasteiger partial charge is 0.359 e. The van der Waals surface area contributed by atoms with E-state index in [-0.39, 0.29) is 30.0 Å². The fourth-order valence-corrected chi connectivity index (χ4v) is 3.69. The van der Waals surface area contributed by atoms with Crippen molar-refractivity contribution in [3.63, 3.8) is 0 Å². The van der Waals surface area contributed by atoms with Crippen molar-refractivity contribution in [3.05, 3.63) is 0 Å². The number of sulfonamides is 1. The van der Waals surface area contributed by atoms with E-state index in [9.17, 15) is 13.2 Å². The molecule has 0 aliphatic carbocycles. The monoisotopic (exact) mass is 268 g/mol. The van der Waals surface area contributed by atoms with Crippen LogP contribution >= 0.6 is 11.6 Å². The number of amides is 1. The summed E-state index contributed by atoms with van der Waals surface area (Å²) in [5.74, 6) is -0.298. The van der Waals surface area contributed by atoms with Crippen LogP contribution in [0.1, 0.15) is 12.8 Å². The van der Waals surface area contributed by atoms with Crippen LogP contribution in [0.25, 0.3) is 0 Å². The first kappa shape index (κ1) is 13.7. The number of hydrogen-bond donors (Lipinski definition) is 1. The molecule has 0 aromatic carbocycles. The second-order valence-electron chi connectivity index (χ2n) is 3.82. The Morgan fingerprint density at radius 1 is 1.56 bits per heavy atom. The van der Waals surface area contributed by atoms with E-state index in [1.807, 2.05) is 0 Å². The van der Waals surface area contributed by atoms with Crippen LogP contribution in [-0.4, -0.2) is 50.4 Å². The average Bonchev–Trinajstić information content (AvgIpc) is 2.28. The minimum Gasteiger partial charge on any atom is -0.359 e. The molecule has 0 aromatic heterocycles. The molecule has 0 aromatic rings. The highest BCUT2D eigenvalue weighted by molar-refractivity contribution is 7.89. The molecule has 16 heavy (non-hydrogen) atoms. The molecule has 94 valence electrons. The molecular weight excluding hydrogens is 252 g/mol. The standard InChI is InChI=1S/C9H17ClN2O3S/c1-11-9(13)8-3-2-5-12(7-8)16(14,15)6-4-10/h8H,2-7H2,1H3,(H,11,13). The van der Waals surface area contributed by atoms with Crippen molar-refractivity contribution in [2.45, 2.75) is 12.8 Å². The lowest BCUT2D eigenvalue weighted by Gasteiger charge is -2.30. The molecule has 1 heterocycles. The van der Waals surface area contributed by atoms with Crippen LogP contribution in [0.3, 0.4) is 0 Å². The van der Waals surface area contributed by atoms with E-state index in [1.54, 1.807) is 7.05 Å². The number of alkyl halides is 1. The Morgan fingerprint density at radius 3 is 2.81 bits per heavy atom. The third-order valence-corrected chi connectivity index (χ3v) is 4.98. The van der Waals surface area contributed by atoms with Gasteiger partial charge in [-0.05, 0) is 12.8 Å². The number of carbonyl (C=O) groups excluding carboxylic acids is 1. The van der Waals surface area contributed by atoms with Crippen LogP contribution in [0.15, 0.2) is 0 Å². The molecule has 1 unspecified atom stereocenters. The molecule has 5 nitrogen and oxygen atoms in total. The van der Waals surface area contributed by atoms with Gasteiger partial charge in [-0.3, -0.25) is 4.79 Å². The topological polar surface area (TPSA) is 66.5 Å². The summed E-state index contributed by atoms with van der Waals surface area (Å²) >= 11 is 5.45. The molecule has 1 N–H and O–H groups in total. The molecule has 7 heteroatoms. The van der Waals surface area contributed by atoms with Crippen molar-refractivity contribution in [2.24, 2.45) is 5.92 Å². The maximum atomic E-state index is 11.8. The highest BCUT2D eigenvalue weighted by atomic mass is 35.5. The summed E-state index contributed by atoms with van der Waals surface area (Å²) in [7, 11) is -1.72. The van der Waals surface area contributed by atoms with Crippen molar-refractivity contribution in [1.82, 2.24) is 9.62 Å². The molecule has 1 saturated heterocycles. The van der Waals surface area contributed by atoms with E-state index in [0.717, 1.165) is 12.8 Å². The van der Waals surface area contributed by atoms with Crippen molar-refractivity contribution >= 4 is 27.5 Å². The van der Waals surface area contributed by atoms with Gasteiger partial charge in [0.2, 0.25) is 15.9 Å². The molecule has 0 bridgehead atoms. The lowest BCUT2D eigenvalue weighted by atomic mass is 9.99. The van der Waals surface area contributed by atoms with Crippen LogP contribution < -0.4 is 5.32 Å². The summed E-state index contributed by atoms with van der Waals surface area (Å²) < 4.78 is 24.9.